The van der Waals surface area contributed by atoms with Crippen LogP contribution in [0.15, 0.2) is 220 Å². The van der Waals surface area contributed by atoms with Gasteiger partial charge in [0.25, 0.3) is 0 Å². The van der Waals surface area contributed by atoms with Gasteiger partial charge < -0.3 is 13.3 Å². The summed E-state index contributed by atoms with van der Waals surface area (Å²) in [4.78, 5) is 4.76. The third-order valence-electron chi connectivity index (χ3n) is 24.5. The molecule has 0 amide bonds. The molecule has 6 aromatic heterocycles. The first kappa shape index (κ1) is 68.0. The SMILES string of the molecule is CC(C)CC1(CC(C)C)c2ccccc2-c2ccc3oc4c(-c5cc(C(C)C)ccn5)cccc4c3c21.Cc1ccc2c(oc3ccc4c(c32)C(C)(C)c2ccccc2-4)c1-c1cc(C(C)C)cc[n+]1C.Cc1ccc2c(oc3ccc4c(c32)C2(CCCC2)c2ccccc2-4)c1-c1cc(C(C)C)cc[n+]1C. The molecule has 15 aromatic rings. The van der Waals surface area contributed by atoms with Gasteiger partial charge in [0.1, 0.15) is 47.6 Å². The predicted molar refractivity (Wildman–Crippen MR) is 437 cm³/mol. The minimum absolute atomic E-state index is 0.0314. The maximum Gasteiger partial charge on any atom is 0.216 e. The first-order chi connectivity index (χ1) is 50.6. The number of hydrogen-bond donors (Lipinski definition) is 0. The van der Waals surface area contributed by atoms with Crippen LogP contribution in [0.5, 0.6) is 0 Å². The summed E-state index contributed by atoms with van der Waals surface area (Å²) < 4.78 is 24.6. The number of nitrogens with zero attached hydrogens (tertiary/aromatic N) is 3. The average molecular weight is 1380 g/mol. The van der Waals surface area contributed by atoms with E-state index in [1.165, 1.54) is 175 Å². The van der Waals surface area contributed by atoms with Gasteiger partial charge in [-0.15, -0.1) is 0 Å². The Kier molecular flexibility index (Phi) is 16.6. The van der Waals surface area contributed by atoms with Gasteiger partial charge in [0, 0.05) is 84.6 Å². The predicted octanol–water partition coefficient (Wildman–Crippen LogP) is 26.3. The van der Waals surface area contributed by atoms with Crippen LogP contribution in [0.4, 0.5) is 0 Å². The van der Waals surface area contributed by atoms with Gasteiger partial charge in [-0.1, -0.05) is 223 Å². The van der Waals surface area contributed by atoms with Crippen LogP contribution in [0, 0.1) is 25.7 Å². The molecule has 526 valence electrons. The molecule has 4 aliphatic carbocycles. The Morgan fingerprint density at radius 1 is 0.400 bits per heavy atom. The molecular formula is C99H99N3O3+2. The Labute approximate surface area is 619 Å². The number of fused-ring (bicyclic) bond motifs is 23. The molecule has 0 atom stereocenters. The third kappa shape index (κ3) is 10.6. The Hall–Kier alpha value is -10.2. The Morgan fingerprint density at radius 2 is 0.829 bits per heavy atom. The van der Waals surface area contributed by atoms with Crippen molar-refractivity contribution in [1.82, 2.24) is 4.98 Å². The van der Waals surface area contributed by atoms with Crippen molar-refractivity contribution in [3.8, 4) is 67.2 Å². The fourth-order valence-corrected chi connectivity index (χ4v) is 19.8. The van der Waals surface area contributed by atoms with Gasteiger partial charge in [0.2, 0.25) is 11.4 Å². The summed E-state index contributed by atoms with van der Waals surface area (Å²) in [5.41, 5.74) is 36.3. The van der Waals surface area contributed by atoms with Crippen molar-refractivity contribution in [1.29, 1.82) is 0 Å². The molecule has 6 heteroatoms. The van der Waals surface area contributed by atoms with Crippen molar-refractivity contribution in [3.63, 3.8) is 0 Å². The lowest BCUT2D eigenvalue weighted by Gasteiger charge is -2.36. The molecule has 1 spiro atoms. The minimum atomic E-state index is -0.0739. The molecule has 0 radical (unpaired) electrons. The highest BCUT2D eigenvalue weighted by Crippen LogP contribution is 2.62. The summed E-state index contributed by atoms with van der Waals surface area (Å²) >= 11 is 0. The van der Waals surface area contributed by atoms with E-state index in [1.807, 2.05) is 6.20 Å². The maximum atomic E-state index is 6.79. The average Bonchev–Trinajstić information content (AvgIpc) is 1.54. The van der Waals surface area contributed by atoms with E-state index >= 15 is 0 Å². The van der Waals surface area contributed by atoms with E-state index < -0.39 is 0 Å². The van der Waals surface area contributed by atoms with E-state index in [0.29, 0.717) is 29.6 Å². The molecule has 6 nitrogen and oxygen atoms in total. The molecule has 105 heavy (non-hydrogen) atoms. The lowest BCUT2D eigenvalue weighted by molar-refractivity contribution is -0.660. The summed E-state index contributed by atoms with van der Waals surface area (Å²) in [6.45, 7) is 32.0. The molecule has 0 bridgehead atoms. The van der Waals surface area contributed by atoms with Gasteiger partial charge in [-0.25, -0.2) is 9.13 Å². The normalized spacial score (nSPS) is 14.9. The topological polar surface area (TPSA) is 60.1 Å². The van der Waals surface area contributed by atoms with Crippen molar-refractivity contribution < 1.29 is 22.4 Å². The molecule has 0 unspecified atom stereocenters. The highest BCUT2D eigenvalue weighted by molar-refractivity contribution is 6.17. The molecule has 1 fully saturated rings. The first-order valence-electron chi connectivity index (χ1n) is 38.8. The molecule has 19 rings (SSSR count). The fraction of sp³-hybridized carbons (Fsp3) is 0.303. The number of pyridine rings is 3. The quantitative estimate of drug-likeness (QED) is 0.128. The molecule has 0 aliphatic heterocycles. The molecule has 9 aromatic carbocycles. The van der Waals surface area contributed by atoms with Gasteiger partial charge in [-0.05, 0) is 200 Å². The summed E-state index contributed by atoms with van der Waals surface area (Å²) in [6.07, 6.45) is 13.6. The third-order valence-corrected chi connectivity index (χ3v) is 24.5. The van der Waals surface area contributed by atoms with E-state index in [9.17, 15) is 0 Å². The number of benzene rings is 9. The van der Waals surface area contributed by atoms with E-state index in [0.717, 1.165) is 57.6 Å². The minimum Gasteiger partial charge on any atom is -0.455 e. The van der Waals surface area contributed by atoms with Crippen LogP contribution in [-0.4, -0.2) is 4.98 Å². The van der Waals surface area contributed by atoms with Crippen LogP contribution >= 0.6 is 0 Å². The Bertz CT molecular complexity index is 6000. The number of hydrogen-bond acceptors (Lipinski definition) is 4. The summed E-state index contributed by atoms with van der Waals surface area (Å²) in [5.74, 6) is 2.55. The standard InChI is InChI=1S/C35H37NO.C33H32NO.C31H30NO/c1-21(2)19-35(20-22(3)4)29-13-8-7-10-25(29)26-14-15-31-32(33(26)35)28-12-9-11-27(34(28)37-31)30-18-24(23(5)6)16-17-36-30;1-20(2)22-15-18-34(4)27(19-22)29-21(3)11-12-25-30-28(35-32(25)29)14-13-24-23-9-5-6-10-26(23)33(31(24)30)16-7-8-17-33;1-18(2)20-15-16-32(6)25(17-20)27-19(3)11-12-23-28-26(33-30(23)27)14-13-22-21-9-7-8-10-24(21)31(4,5)29(22)28/h7-18,21-23H,19-20H2,1-6H3;5-6,9-15,18-20H,7-8,16-17H2,1-4H3;7-18H,1-6H3/q;2*+1. The molecular weight excluding hydrogens is 1280 g/mol. The number of aryl methyl sites for hydroxylation is 4. The van der Waals surface area contributed by atoms with E-state index in [2.05, 4.69) is 321 Å². The zero-order chi connectivity index (χ0) is 72.9. The van der Waals surface area contributed by atoms with Crippen LogP contribution < -0.4 is 9.13 Å². The number of para-hydroxylation sites is 1. The van der Waals surface area contributed by atoms with E-state index in [1.54, 1.807) is 0 Å². The second kappa shape index (κ2) is 25.6. The van der Waals surface area contributed by atoms with Crippen molar-refractivity contribution in [3.05, 3.63) is 268 Å². The van der Waals surface area contributed by atoms with Crippen LogP contribution in [0.2, 0.25) is 0 Å². The smallest absolute Gasteiger partial charge is 0.216 e. The number of aromatic nitrogens is 3. The van der Waals surface area contributed by atoms with Crippen molar-refractivity contribution in [2.24, 2.45) is 25.9 Å². The highest BCUT2D eigenvalue weighted by Gasteiger charge is 2.48. The van der Waals surface area contributed by atoms with Gasteiger partial charge in [0.15, 0.2) is 12.4 Å². The summed E-state index contributed by atoms with van der Waals surface area (Å²) in [6, 6.07) is 69.6. The lowest BCUT2D eigenvalue weighted by Crippen LogP contribution is -2.31. The molecule has 0 N–H and O–H groups in total. The molecule has 6 heterocycles. The molecule has 0 saturated heterocycles. The van der Waals surface area contributed by atoms with E-state index in [4.69, 9.17) is 18.2 Å². The lowest BCUT2D eigenvalue weighted by atomic mass is 9.67. The fourth-order valence-electron chi connectivity index (χ4n) is 19.8. The summed E-state index contributed by atoms with van der Waals surface area (Å²) in [7, 11) is 4.26. The van der Waals surface area contributed by atoms with Crippen LogP contribution in [-0.2, 0) is 30.3 Å². The second-order valence-corrected chi connectivity index (χ2v) is 33.5. The Balaban J connectivity index is 0.000000116. The molecule has 4 aliphatic rings. The largest absolute Gasteiger partial charge is 0.455 e. The number of rotatable bonds is 10. The Morgan fingerprint density at radius 3 is 1.36 bits per heavy atom. The van der Waals surface area contributed by atoms with Crippen LogP contribution in [0.25, 0.3) is 133 Å². The summed E-state index contributed by atoms with van der Waals surface area (Å²) in [5, 5.41) is 7.54. The van der Waals surface area contributed by atoms with Gasteiger partial charge in [0.05, 0.1) is 16.8 Å². The zero-order valence-corrected chi connectivity index (χ0v) is 64.3. The van der Waals surface area contributed by atoms with Crippen LogP contribution in [0.3, 0.4) is 0 Å². The molecule has 1 saturated carbocycles. The van der Waals surface area contributed by atoms with Crippen molar-refractivity contribution in [2.45, 2.75) is 169 Å². The second-order valence-electron chi connectivity index (χ2n) is 33.5. The highest BCUT2D eigenvalue weighted by atomic mass is 16.3. The van der Waals surface area contributed by atoms with Gasteiger partial charge in [-0.3, -0.25) is 4.98 Å². The van der Waals surface area contributed by atoms with Crippen molar-refractivity contribution in [2.75, 3.05) is 0 Å². The van der Waals surface area contributed by atoms with Crippen LogP contribution in [0.1, 0.15) is 201 Å². The number of furan rings is 3. The van der Waals surface area contributed by atoms with Gasteiger partial charge in [-0.2, -0.15) is 0 Å². The van der Waals surface area contributed by atoms with Crippen molar-refractivity contribution >= 4 is 65.8 Å². The van der Waals surface area contributed by atoms with E-state index in [-0.39, 0.29) is 16.2 Å². The monoisotopic (exact) mass is 1380 g/mol. The first-order valence-corrected chi connectivity index (χ1v) is 38.8. The zero-order valence-electron chi connectivity index (χ0n) is 64.3. The van der Waals surface area contributed by atoms with Gasteiger partial charge >= 0.3 is 0 Å². The maximum absolute atomic E-state index is 6.79.